The molecule has 174 valence electrons. The third-order valence-corrected chi connectivity index (χ3v) is 5.23. The van der Waals surface area contributed by atoms with Gasteiger partial charge in [0.25, 0.3) is 0 Å². The van der Waals surface area contributed by atoms with Crippen LogP contribution in [0.3, 0.4) is 0 Å². The Hall–Kier alpha value is -3.47. The fourth-order valence-corrected chi connectivity index (χ4v) is 3.69. The molecule has 3 unspecified atom stereocenters. The van der Waals surface area contributed by atoms with Crippen LogP contribution in [0.5, 0.6) is 5.75 Å². The van der Waals surface area contributed by atoms with E-state index in [-0.39, 0.29) is 36.8 Å². The number of ketones is 1. The van der Waals surface area contributed by atoms with Crippen molar-refractivity contribution in [3.63, 3.8) is 0 Å². The van der Waals surface area contributed by atoms with Gasteiger partial charge in [0, 0.05) is 19.9 Å². The van der Waals surface area contributed by atoms with Gasteiger partial charge in [0.15, 0.2) is 5.78 Å². The van der Waals surface area contributed by atoms with E-state index in [1.807, 2.05) is 0 Å². The lowest BCUT2D eigenvalue weighted by Crippen LogP contribution is -2.54. The molecule has 1 aromatic rings. The number of likely N-dealkylation sites (tertiary alicyclic amines) is 1. The van der Waals surface area contributed by atoms with E-state index in [2.05, 4.69) is 10.6 Å². The molecule has 2 rings (SSSR count). The zero-order valence-electron chi connectivity index (χ0n) is 17.9. The molecule has 1 aromatic carbocycles. The van der Waals surface area contributed by atoms with Crippen molar-refractivity contribution < 1.29 is 29.1 Å². The number of carbonyl (C=O) groups is 5. The summed E-state index contributed by atoms with van der Waals surface area (Å²) in [5, 5.41) is 14.7. The minimum Gasteiger partial charge on any atom is -0.508 e. The van der Waals surface area contributed by atoms with Gasteiger partial charge in [0.1, 0.15) is 11.8 Å². The molecule has 1 saturated heterocycles. The van der Waals surface area contributed by atoms with Gasteiger partial charge in [-0.15, -0.1) is 0 Å². The third-order valence-electron chi connectivity index (χ3n) is 5.23. The summed E-state index contributed by atoms with van der Waals surface area (Å²) in [7, 11) is 0. The van der Waals surface area contributed by atoms with E-state index in [1.165, 1.54) is 24.0 Å². The van der Waals surface area contributed by atoms with Gasteiger partial charge in [-0.3, -0.25) is 29.3 Å². The number of primary amides is 2. The molecular weight excluding hydrogens is 418 g/mol. The van der Waals surface area contributed by atoms with Crippen molar-refractivity contribution in [2.45, 2.75) is 50.7 Å². The largest absolute Gasteiger partial charge is 0.508 e. The summed E-state index contributed by atoms with van der Waals surface area (Å²) in [4.78, 5) is 61.6. The summed E-state index contributed by atoms with van der Waals surface area (Å²) in [6.07, 6.45) is 0.897. The molecule has 1 heterocycles. The second-order valence-corrected chi connectivity index (χ2v) is 7.79. The maximum Gasteiger partial charge on any atom is 0.246 e. The molecular formula is C21H29N5O6. The molecule has 0 saturated carbocycles. The molecule has 0 radical (unpaired) electrons. The van der Waals surface area contributed by atoms with Gasteiger partial charge in [-0.1, -0.05) is 12.1 Å². The molecule has 0 aliphatic carbocycles. The van der Waals surface area contributed by atoms with Crippen LogP contribution in [0.4, 0.5) is 0 Å². The van der Waals surface area contributed by atoms with E-state index >= 15 is 0 Å². The molecule has 1 aliphatic rings. The number of hydrogen-bond donors (Lipinski definition) is 5. The molecule has 32 heavy (non-hydrogen) atoms. The Morgan fingerprint density at radius 3 is 2.34 bits per heavy atom. The van der Waals surface area contributed by atoms with Crippen molar-refractivity contribution >= 4 is 29.4 Å². The Balaban J connectivity index is 2.08. The summed E-state index contributed by atoms with van der Waals surface area (Å²) in [5.74, 6) is -2.58. The van der Waals surface area contributed by atoms with Gasteiger partial charge >= 0.3 is 0 Å². The summed E-state index contributed by atoms with van der Waals surface area (Å²) in [6.45, 7) is 1.38. The Morgan fingerprint density at radius 1 is 1.12 bits per heavy atom. The molecule has 0 bridgehead atoms. The second kappa shape index (κ2) is 11.2. The van der Waals surface area contributed by atoms with Crippen LogP contribution in [0.15, 0.2) is 24.3 Å². The molecule has 11 nitrogen and oxygen atoms in total. The lowest BCUT2D eigenvalue weighted by molar-refractivity contribution is -0.140. The molecule has 4 amide bonds. The maximum atomic E-state index is 13.2. The zero-order chi connectivity index (χ0) is 23.8. The SMILES string of the molecule is CC(=O)NC(Cc1ccc(O)cc1)C(=O)N1CCCC1C(=O)CNC(CC(N)=O)C(N)=O. The first-order valence-electron chi connectivity index (χ1n) is 10.3. The quantitative estimate of drug-likeness (QED) is 0.268. The first-order chi connectivity index (χ1) is 15.1. The summed E-state index contributed by atoms with van der Waals surface area (Å²) >= 11 is 0. The highest BCUT2D eigenvalue weighted by atomic mass is 16.3. The monoisotopic (exact) mass is 447 g/mol. The number of nitrogens with two attached hydrogens (primary N) is 2. The molecule has 7 N–H and O–H groups in total. The van der Waals surface area contributed by atoms with Gasteiger partial charge in [-0.05, 0) is 30.5 Å². The normalized spacial score (nSPS) is 17.4. The summed E-state index contributed by atoms with van der Waals surface area (Å²) < 4.78 is 0. The Kier molecular flexibility index (Phi) is 8.71. The van der Waals surface area contributed by atoms with E-state index < -0.39 is 35.8 Å². The number of carbonyl (C=O) groups excluding carboxylic acids is 5. The van der Waals surface area contributed by atoms with Gasteiger partial charge in [-0.2, -0.15) is 0 Å². The van der Waals surface area contributed by atoms with Crippen LogP contribution in [0.25, 0.3) is 0 Å². The van der Waals surface area contributed by atoms with Gasteiger partial charge in [-0.25, -0.2) is 0 Å². The average Bonchev–Trinajstić information content (AvgIpc) is 3.20. The number of benzene rings is 1. The predicted octanol–water partition coefficient (Wildman–Crippen LogP) is -1.68. The number of phenolic OH excluding ortho intramolecular Hbond substituents is 1. The number of nitrogens with zero attached hydrogens (tertiary/aromatic N) is 1. The van der Waals surface area contributed by atoms with Crippen molar-refractivity contribution in [2.75, 3.05) is 13.1 Å². The average molecular weight is 447 g/mol. The fourth-order valence-electron chi connectivity index (χ4n) is 3.69. The van der Waals surface area contributed by atoms with Crippen molar-refractivity contribution in [3.05, 3.63) is 29.8 Å². The van der Waals surface area contributed by atoms with Crippen LogP contribution in [0.2, 0.25) is 0 Å². The maximum absolute atomic E-state index is 13.2. The van der Waals surface area contributed by atoms with Crippen LogP contribution in [0, 0.1) is 0 Å². The van der Waals surface area contributed by atoms with Gasteiger partial charge < -0.3 is 26.8 Å². The first kappa shape index (κ1) is 24.8. The number of Topliss-reactive ketones (excluding diaryl/α,β-unsaturated/α-hetero) is 1. The number of aromatic hydroxyl groups is 1. The minimum absolute atomic E-state index is 0.0828. The highest BCUT2D eigenvalue weighted by Gasteiger charge is 2.37. The molecule has 0 aromatic heterocycles. The van der Waals surface area contributed by atoms with Crippen LogP contribution >= 0.6 is 0 Å². The van der Waals surface area contributed by atoms with Crippen molar-refractivity contribution in [1.29, 1.82) is 0 Å². The minimum atomic E-state index is -1.08. The van der Waals surface area contributed by atoms with E-state index in [4.69, 9.17) is 11.5 Å². The van der Waals surface area contributed by atoms with Crippen molar-refractivity contribution in [1.82, 2.24) is 15.5 Å². The van der Waals surface area contributed by atoms with Crippen molar-refractivity contribution in [3.8, 4) is 5.75 Å². The van der Waals surface area contributed by atoms with Crippen LogP contribution < -0.4 is 22.1 Å². The fraction of sp³-hybridized carbons (Fsp3) is 0.476. The molecule has 0 spiro atoms. The smallest absolute Gasteiger partial charge is 0.246 e. The summed E-state index contributed by atoms with van der Waals surface area (Å²) in [6, 6.07) is 3.58. The van der Waals surface area contributed by atoms with Gasteiger partial charge in [0.05, 0.1) is 25.0 Å². The number of phenols is 1. The Labute approximate surface area is 185 Å². The summed E-state index contributed by atoms with van der Waals surface area (Å²) in [5.41, 5.74) is 11.1. The van der Waals surface area contributed by atoms with Crippen LogP contribution in [-0.2, 0) is 30.4 Å². The number of amides is 4. The standard InChI is InChI=1S/C21H29N5O6/c1-12(27)25-16(9-13-4-6-14(28)7-5-13)21(32)26-8-2-3-17(26)18(29)11-24-15(20(23)31)10-19(22)30/h4-7,15-17,24,28H,2-3,8-11H2,1H3,(H2,22,30)(H2,23,31)(H,25,27). The lowest BCUT2D eigenvalue weighted by Gasteiger charge is -2.29. The van der Waals surface area contributed by atoms with E-state index in [0.717, 1.165) is 5.56 Å². The number of rotatable bonds is 11. The highest BCUT2D eigenvalue weighted by Crippen LogP contribution is 2.21. The van der Waals surface area contributed by atoms with Gasteiger partial charge in [0.2, 0.25) is 23.6 Å². The lowest BCUT2D eigenvalue weighted by atomic mass is 10.0. The first-order valence-corrected chi connectivity index (χ1v) is 10.3. The second-order valence-electron chi connectivity index (χ2n) is 7.79. The molecule has 3 atom stereocenters. The topological polar surface area (TPSA) is 185 Å². The highest BCUT2D eigenvalue weighted by molar-refractivity contribution is 5.94. The predicted molar refractivity (Wildman–Crippen MR) is 114 cm³/mol. The molecule has 1 fully saturated rings. The van der Waals surface area contributed by atoms with E-state index in [0.29, 0.717) is 19.4 Å². The molecule has 11 heteroatoms. The Morgan fingerprint density at radius 2 is 1.78 bits per heavy atom. The van der Waals surface area contributed by atoms with E-state index in [1.54, 1.807) is 12.1 Å². The zero-order valence-corrected chi connectivity index (χ0v) is 17.9. The van der Waals surface area contributed by atoms with Crippen molar-refractivity contribution in [2.24, 2.45) is 11.5 Å². The Bertz CT molecular complexity index is 872. The van der Waals surface area contributed by atoms with E-state index in [9.17, 15) is 29.1 Å². The number of nitrogens with one attached hydrogen (secondary N) is 2. The third kappa shape index (κ3) is 7.05. The van der Waals surface area contributed by atoms with Crippen LogP contribution in [-0.4, -0.2) is 70.6 Å². The molecule has 1 aliphatic heterocycles. The van der Waals surface area contributed by atoms with Crippen LogP contribution in [0.1, 0.15) is 31.7 Å². The number of hydrogen-bond acceptors (Lipinski definition) is 7.